The third-order valence-corrected chi connectivity index (χ3v) is 6.29. The lowest BCUT2D eigenvalue weighted by Crippen LogP contribution is -2.46. The highest BCUT2D eigenvalue weighted by Gasteiger charge is 2.31. The van der Waals surface area contributed by atoms with E-state index in [9.17, 15) is 18.0 Å². The third kappa shape index (κ3) is 6.10. The Balaban J connectivity index is 1.44. The van der Waals surface area contributed by atoms with Crippen LogP contribution in [0, 0.1) is 0 Å². The second-order valence-electron chi connectivity index (χ2n) is 8.07. The normalized spacial score (nSPS) is 19.7. The van der Waals surface area contributed by atoms with Crippen molar-refractivity contribution in [2.45, 2.75) is 37.3 Å². The Kier molecular flexibility index (Phi) is 7.02. The number of fused-ring (bicyclic) bond motifs is 1. The average molecular weight is 480 g/mol. The lowest BCUT2D eigenvalue weighted by atomic mass is 10.1. The maximum atomic E-state index is 12.9. The summed E-state index contributed by atoms with van der Waals surface area (Å²) in [6.07, 6.45) is -2.96. The molecule has 0 radical (unpaired) electrons. The molecule has 2 atom stereocenters. The van der Waals surface area contributed by atoms with E-state index in [1.54, 1.807) is 17.8 Å². The zero-order valence-electron chi connectivity index (χ0n) is 18.2. The maximum absolute atomic E-state index is 12.9. The summed E-state index contributed by atoms with van der Waals surface area (Å²) in [5, 5.41) is 0.420. The molecule has 4 rings (SSSR count). The molecular formula is C24H24F3NO4S. The summed E-state index contributed by atoms with van der Waals surface area (Å²) in [6, 6.07) is 10.6. The largest absolute Gasteiger partial charge is 0.573 e. The molecular weight excluding hydrogens is 455 g/mol. The monoisotopic (exact) mass is 479 g/mol. The van der Waals surface area contributed by atoms with Crippen molar-refractivity contribution in [2.24, 2.45) is 0 Å². The van der Waals surface area contributed by atoms with Crippen LogP contribution in [0.25, 0.3) is 22.1 Å². The molecule has 0 N–H and O–H groups in total. The van der Waals surface area contributed by atoms with Crippen molar-refractivity contribution in [1.29, 1.82) is 0 Å². The number of thioether (sulfide) groups is 1. The predicted molar refractivity (Wildman–Crippen MR) is 122 cm³/mol. The van der Waals surface area contributed by atoms with Crippen molar-refractivity contribution < 1.29 is 27.1 Å². The second-order valence-corrected chi connectivity index (χ2v) is 9.24. The van der Waals surface area contributed by atoms with Crippen molar-refractivity contribution in [1.82, 2.24) is 4.90 Å². The molecule has 2 unspecified atom stereocenters. The minimum atomic E-state index is -4.77. The smallest absolute Gasteiger partial charge is 0.463 e. The van der Waals surface area contributed by atoms with Crippen molar-refractivity contribution in [2.75, 3.05) is 25.4 Å². The lowest BCUT2D eigenvalue weighted by molar-refractivity contribution is -0.274. The standard InChI is InChI=1S/C24H24F3NO4S/c1-15-12-28(13-16(2)31-15)9-10-33-19-7-8-20-22(11-19)30-14-21(23(20)29)17-3-5-18(6-4-17)32-24(25,26)27/h3-8,11,14-16H,9-10,12-13H2,1-2H3. The number of halogens is 3. The zero-order valence-corrected chi connectivity index (χ0v) is 19.0. The van der Waals surface area contributed by atoms with Crippen LogP contribution in [0.15, 0.2) is 62.8 Å². The molecule has 9 heteroatoms. The minimum absolute atomic E-state index is 0.233. The summed E-state index contributed by atoms with van der Waals surface area (Å²) in [4.78, 5) is 16.3. The van der Waals surface area contributed by atoms with Gasteiger partial charge in [0.1, 0.15) is 17.6 Å². The van der Waals surface area contributed by atoms with Crippen molar-refractivity contribution >= 4 is 22.7 Å². The van der Waals surface area contributed by atoms with Gasteiger partial charge in [-0.1, -0.05) is 12.1 Å². The van der Waals surface area contributed by atoms with E-state index in [4.69, 9.17) is 9.15 Å². The summed E-state index contributed by atoms with van der Waals surface area (Å²) in [7, 11) is 0. The topological polar surface area (TPSA) is 51.9 Å². The molecule has 176 valence electrons. The second kappa shape index (κ2) is 9.79. The van der Waals surface area contributed by atoms with Gasteiger partial charge in [0.05, 0.1) is 23.2 Å². The van der Waals surface area contributed by atoms with Gasteiger partial charge in [0, 0.05) is 30.3 Å². The highest BCUT2D eigenvalue weighted by Crippen LogP contribution is 2.28. The number of morpholine rings is 1. The number of benzene rings is 2. The molecule has 2 aromatic carbocycles. The first-order valence-corrected chi connectivity index (χ1v) is 11.6. The van der Waals surface area contributed by atoms with Crippen molar-refractivity contribution in [3.05, 3.63) is 59.0 Å². The molecule has 0 bridgehead atoms. The third-order valence-electron chi connectivity index (χ3n) is 5.32. The number of hydrogen-bond acceptors (Lipinski definition) is 6. The highest BCUT2D eigenvalue weighted by molar-refractivity contribution is 7.99. The van der Waals surface area contributed by atoms with Crippen LogP contribution in [0.3, 0.4) is 0 Å². The zero-order chi connectivity index (χ0) is 23.6. The first-order valence-electron chi connectivity index (χ1n) is 10.6. The van der Waals surface area contributed by atoms with Crippen LogP contribution in [0.5, 0.6) is 5.75 Å². The molecule has 3 aromatic rings. The molecule has 1 saturated heterocycles. The van der Waals surface area contributed by atoms with Gasteiger partial charge >= 0.3 is 6.36 Å². The van der Waals surface area contributed by atoms with E-state index in [0.717, 1.165) is 30.3 Å². The first kappa shape index (κ1) is 23.7. The molecule has 2 heterocycles. The van der Waals surface area contributed by atoms with Crippen molar-refractivity contribution in [3.8, 4) is 16.9 Å². The number of rotatable bonds is 6. The van der Waals surface area contributed by atoms with Gasteiger partial charge in [-0.25, -0.2) is 0 Å². The summed E-state index contributed by atoms with van der Waals surface area (Å²) in [5.74, 6) is 0.554. The molecule has 33 heavy (non-hydrogen) atoms. The van der Waals surface area contributed by atoms with Gasteiger partial charge < -0.3 is 13.9 Å². The quantitative estimate of drug-likeness (QED) is 0.432. The molecule has 1 aliphatic heterocycles. The Morgan fingerprint density at radius 3 is 2.45 bits per heavy atom. The summed E-state index contributed by atoms with van der Waals surface area (Å²) in [5.41, 5.74) is 0.956. The van der Waals surface area contributed by atoms with Gasteiger partial charge in [-0.2, -0.15) is 0 Å². The number of alkyl halides is 3. The van der Waals surface area contributed by atoms with Gasteiger partial charge in [0.2, 0.25) is 0 Å². The molecule has 5 nitrogen and oxygen atoms in total. The Bertz CT molecular complexity index is 1150. The number of ether oxygens (including phenoxy) is 2. The molecule has 0 aliphatic carbocycles. The average Bonchev–Trinajstić information content (AvgIpc) is 2.73. The molecule has 0 amide bonds. The fourth-order valence-electron chi connectivity index (χ4n) is 3.99. The van der Waals surface area contributed by atoms with E-state index in [-0.39, 0.29) is 28.9 Å². The molecule has 0 spiro atoms. The van der Waals surface area contributed by atoms with Crippen LogP contribution in [0.4, 0.5) is 13.2 Å². The maximum Gasteiger partial charge on any atom is 0.573 e. The van der Waals surface area contributed by atoms with Gasteiger partial charge in [0.25, 0.3) is 0 Å². The van der Waals surface area contributed by atoms with E-state index >= 15 is 0 Å². The summed E-state index contributed by atoms with van der Waals surface area (Å²) >= 11 is 1.69. The fraction of sp³-hybridized carbons (Fsp3) is 0.375. The molecule has 1 aliphatic rings. The lowest BCUT2D eigenvalue weighted by Gasteiger charge is -2.35. The predicted octanol–water partition coefficient (Wildman–Crippen LogP) is 5.56. The van der Waals surface area contributed by atoms with E-state index in [2.05, 4.69) is 23.5 Å². The minimum Gasteiger partial charge on any atom is -0.463 e. The molecule has 0 saturated carbocycles. The van der Waals surface area contributed by atoms with Gasteiger partial charge in [-0.3, -0.25) is 9.69 Å². The SMILES string of the molecule is CC1CN(CCSc2ccc3c(=O)c(-c4ccc(OC(F)(F)F)cc4)coc3c2)CC(C)O1. The summed E-state index contributed by atoms with van der Waals surface area (Å²) < 4.78 is 52.4. The Morgan fingerprint density at radius 1 is 1.09 bits per heavy atom. The van der Waals surface area contributed by atoms with E-state index in [1.165, 1.54) is 30.5 Å². The van der Waals surface area contributed by atoms with Crippen molar-refractivity contribution in [3.63, 3.8) is 0 Å². The summed E-state index contributed by atoms with van der Waals surface area (Å²) in [6.45, 7) is 6.95. The molecule has 1 fully saturated rings. The van der Waals surface area contributed by atoms with Gasteiger partial charge in [0.15, 0.2) is 5.43 Å². The van der Waals surface area contributed by atoms with Crippen LogP contribution >= 0.6 is 11.8 Å². The van der Waals surface area contributed by atoms with Crippen LogP contribution in [0.2, 0.25) is 0 Å². The fourth-order valence-corrected chi connectivity index (χ4v) is 4.93. The Labute approximate surface area is 193 Å². The van der Waals surface area contributed by atoms with Crippen LogP contribution < -0.4 is 10.2 Å². The number of nitrogens with zero attached hydrogens (tertiary/aromatic N) is 1. The van der Waals surface area contributed by atoms with E-state index in [1.807, 2.05) is 12.1 Å². The van der Waals surface area contributed by atoms with Crippen LogP contribution in [-0.4, -0.2) is 48.9 Å². The van der Waals surface area contributed by atoms with Gasteiger partial charge in [-0.15, -0.1) is 24.9 Å². The first-order chi connectivity index (χ1) is 15.7. The Hall–Kier alpha value is -2.49. The van der Waals surface area contributed by atoms with Crippen LogP contribution in [-0.2, 0) is 4.74 Å². The van der Waals surface area contributed by atoms with Gasteiger partial charge in [-0.05, 0) is 49.7 Å². The Morgan fingerprint density at radius 2 is 1.79 bits per heavy atom. The van der Waals surface area contributed by atoms with Crippen LogP contribution in [0.1, 0.15) is 13.8 Å². The van der Waals surface area contributed by atoms with E-state index in [0.29, 0.717) is 16.5 Å². The van der Waals surface area contributed by atoms with E-state index < -0.39 is 6.36 Å². The molecule has 1 aromatic heterocycles. The number of hydrogen-bond donors (Lipinski definition) is 0. The highest BCUT2D eigenvalue weighted by atomic mass is 32.2.